The van der Waals surface area contributed by atoms with E-state index in [1.807, 2.05) is 4.90 Å². The average molecular weight is 186 g/mol. The van der Waals surface area contributed by atoms with Crippen LogP contribution in [0.5, 0.6) is 0 Å². The number of rotatable bonds is 3. The van der Waals surface area contributed by atoms with Gasteiger partial charge in [-0.3, -0.25) is 14.5 Å². The Kier molecular flexibility index (Phi) is 3.25. The van der Waals surface area contributed by atoms with Crippen LogP contribution in [0.2, 0.25) is 0 Å². The second-order valence-corrected chi connectivity index (χ2v) is 3.32. The van der Waals surface area contributed by atoms with Crippen LogP contribution >= 0.6 is 0 Å². The van der Waals surface area contributed by atoms with Gasteiger partial charge in [0.25, 0.3) is 0 Å². The fourth-order valence-corrected chi connectivity index (χ4v) is 1.31. The predicted octanol–water partition coefficient (Wildman–Crippen LogP) is -0.861. The van der Waals surface area contributed by atoms with Gasteiger partial charge in [0.15, 0.2) is 0 Å². The van der Waals surface area contributed by atoms with Gasteiger partial charge in [-0.25, -0.2) is 0 Å². The first-order valence-electron chi connectivity index (χ1n) is 4.31. The summed E-state index contributed by atoms with van der Waals surface area (Å²) in [5, 5.41) is 11.3. The van der Waals surface area contributed by atoms with E-state index in [0.717, 1.165) is 6.54 Å². The Morgan fingerprint density at radius 2 is 2.46 bits per heavy atom. The number of amides is 1. The third kappa shape index (κ3) is 3.02. The zero-order chi connectivity index (χ0) is 9.84. The minimum Gasteiger partial charge on any atom is -0.481 e. The summed E-state index contributed by atoms with van der Waals surface area (Å²) in [6.07, 6.45) is 0. The number of aliphatic carboxylic acids is 1. The predicted molar refractivity (Wildman–Crippen MR) is 46.2 cm³/mol. The topological polar surface area (TPSA) is 69.6 Å². The smallest absolute Gasteiger partial charge is 0.307 e. The normalized spacial score (nSPS) is 20.8. The Morgan fingerprint density at radius 3 is 3.00 bits per heavy atom. The molecule has 0 aromatic heterocycles. The fraction of sp³-hybridized carbons (Fsp3) is 0.750. The molecule has 0 radical (unpaired) electrons. The Bertz CT molecular complexity index is 217. The number of piperazine rings is 1. The second-order valence-electron chi connectivity index (χ2n) is 3.32. The number of hydrogen-bond donors (Lipinski definition) is 2. The zero-order valence-electron chi connectivity index (χ0n) is 7.62. The summed E-state index contributed by atoms with van der Waals surface area (Å²) in [5.74, 6) is -1.25. The standard InChI is InChI=1S/C8H14N2O3/c1-6(8(12)13)4-10-3-2-9-7(11)5-10/h6H,2-5H2,1H3,(H,9,11)(H,12,13). The first-order chi connectivity index (χ1) is 6.09. The van der Waals surface area contributed by atoms with E-state index in [2.05, 4.69) is 5.32 Å². The van der Waals surface area contributed by atoms with E-state index in [1.165, 1.54) is 0 Å². The van der Waals surface area contributed by atoms with Crippen molar-refractivity contribution in [3.63, 3.8) is 0 Å². The number of nitrogens with one attached hydrogen (secondary N) is 1. The molecular formula is C8H14N2O3. The summed E-state index contributed by atoms with van der Waals surface area (Å²) in [7, 11) is 0. The highest BCUT2D eigenvalue weighted by Gasteiger charge is 2.20. The minimum atomic E-state index is -0.814. The van der Waals surface area contributed by atoms with Crippen molar-refractivity contribution in [1.82, 2.24) is 10.2 Å². The van der Waals surface area contributed by atoms with Gasteiger partial charge >= 0.3 is 5.97 Å². The van der Waals surface area contributed by atoms with Crippen LogP contribution in [0.1, 0.15) is 6.92 Å². The molecule has 1 fully saturated rings. The molecule has 0 aromatic rings. The first kappa shape index (κ1) is 9.98. The monoisotopic (exact) mass is 186 g/mol. The molecule has 0 aliphatic carbocycles. The molecule has 1 saturated heterocycles. The van der Waals surface area contributed by atoms with E-state index in [4.69, 9.17) is 5.11 Å². The van der Waals surface area contributed by atoms with Crippen molar-refractivity contribution >= 4 is 11.9 Å². The van der Waals surface area contributed by atoms with Gasteiger partial charge in [-0.1, -0.05) is 6.92 Å². The summed E-state index contributed by atoms with van der Waals surface area (Å²) in [6.45, 7) is 3.77. The molecule has 1 aliphatic rings. The van der Waals surface area contributed by atoms with E-state index >= 15 is 0 Å². The lowest BCUT2D eigenvalue weighted by molar-refractivity contribution is -0.142. The van der Waals surface area contributed by atoms with Crippen molar-refractivity contribution in [2.75, 3.05) is 26.2 Å². The summed E-state index contributed by atoms with van der Waals surface area (Å²) in [5.41, 5.74) is 0. The number of carboxylic acids is 1. The van der Waals surface area contributed by atoms with Crippen LogP contribution in [0.15, 0.2) is 0 Å². The lowest BCUT2D eigenvalue weighted by atomic mass is 10.1. The lowest BCUT2D eigenvalue weighted by Crippen LogP contribution is -2.49. The minimum absolute atomic E-state index is 0.0242. The molecule has 0 bridgehead atoms. The van der Waals surface area contributed by atoms with Crippen LogP contribution in [0.25, 0.3) is 0 Å². The van der Waals surface area contributed by atoms with Crippen molar-refractivity contribution in [1.29, 1.82) is 0 Å². The van der Waals surface area contributed by atoms with Crippen LogP contribution in [0.3, 0.4) is 0 Å². The van der Waals surface area contributed by atoms with E-state index < -0.39 is 11.9 Å². The highest BCUT2D eigenvalue weighted by atomic mass is 16.4. The molecule has 13 heavy (non-hydrogen) atoms. The number of carbonyl (C=O) groups is 2. The van der Waals surface area contributed by atoms with Gasteiger partial charge in [0.1, 0.15) is 0 Å². The summed E-state index contributed by atoms with van der Waals surface area (Å²) in [4.78, 5) is 23.3. The van der Waals surface area contributed by atoms with Crippen molar-refractivity contribution in [3.8, 4) is 0 Å². The quantitative estimate of drug-likeness (QED) is 0.601. The molecule has 1 rings (SSSR count). The van der Waals surface area contributed by atoms with E-state index in [-0.39, 0.29) is 5.91 Å². The molecule has 0 aromatic carbocycles. The summed E-state index contributed by atoms with van der Waals surface area (Å²) >= 11 is 0. The average Bonchev–Trinajstić information content (AvgIpc) is 2.04. The fourth-order valence-electron chi connectivity index (χ4n) is 1.31. The highest BCUT2D eigenvalue weighted by molar-refractivity contribution is 5.78. The van der Waals surface area contributed by atoms with Gasteiger partial charge in [0.05, 0.1) is 12.5 Å². The highest BCUT2D eigenvalue weighted by Crippen LogP contribution is 2.01. The molecule has 1 heterocycles. The molecule has 1 unspecified atom stereocenters. The summed E-state index contributed by atoms with van der Waals surface area (Å²) in [6, 6.07) is 0. The number of carbonyl (C=O) groups excluding carboxylic acids is 1. The molecule has 2 N–H and O–H groups in total. The SMILES string of the molecule is CC(CN1CCNC(=O)C1)C(=O)O. The van der Waals surface area contributed by atoms with Crippen molar-refractivity contribution in [3.05, 3.63) is 0 Å². The van der Waals surface area contributed by atoms with Gasteiger partial charge in [-0.2, -0.15) is 0 Å². The number of hydrogen-bond acceptors (Lipinski definition) is 3. The van der Waals surface area contributed by atoms with Crippen molar-refractivity contribution in [2.45, 2.75) is 6.92 Å². The molecule has 5 heteroatoms. The largest absolute Gasteiger partial charge is 0.481 e. The maximum absolute atomic E-state index is 10.9. The van der Waals surface area contributed by atoms with Gasteiger partial charge < -0.3 is 10.4 Å². The van der Waals surface area contributed by atoms with Crippen LogP contribution in [-0.2, 0) is 9.59 Å². The van der Waals surface area contributed by atoms with Gasteiger partial charge in [0.2, 0.25) is 5.91 Å². The van der Waals surface area contributed by atoms with E-state index in [9.17, 15) is 9.59 Å². The molecule has 74 valence electrons. The summed E-state index contributed by atoms with van der Waals surface area (Å²) < 4.78 is 0. The van der Waals surface area contributed by atoms with Crippen LogP contribution in [0.4, 0.5) is 0 Å². The van der Waals surface area contributed by atoms with Crippen molar-refractivity contribution in [2.24, 2.45) is 5.92 Å². The van der Waals surface area contributed by atoms with Crippen molar-refractivity contribution < 1.29 is 14.7 Å². The molecule has 0 saturated carbocycles. The Morgan fingerprint density at radius 1 is 1.77 bits per heavy atom. The first-order valence-corrected chi connectivity index (χ1v) is 4.31. The molecule has 1 amide bonds. The molecule has 5 nitrogen and oxygen atoms in total. The second kappa shape index (κ2) is 4.23. The van der Waals surface area contributed by atoms with Crippen LogP contribution < -0.4 is 5.32 Å². The number of nitrogens with zero attached hydrogens (tertiary/aromatic N) is 1. The molecular weight excluding hydrogens is 172 g/mol. The molecule has 0 spiro atoms. The van der Waals surface area contributed by atoms with Gasteiger partial charge in [-0.05, 0) is 0 Å². The van der Waals surface area contributed by atoms with Gasteiger partial charge in [0, 0.05) is 19.6 Å². The van der Waals surface area contributed by atoms with Gasteiger partial charge in [-0.15, -0.1) is 0 Å². The van der Waals surface area contributed by atoms with E-state index in [0.29, 0.717) is 19.6 Å². The lowest BCUT2D eigenvalue weighted by Gasteiger charge is -2.27. The maximum Gasteiger partial charge on any atom is 0.307 e. The third-order valence-electron chi connectivity index (χ3n) is 2.07. The molecule has 1 atom stereocenters. The number of carboxylic acid groups (broad SMARTS) is 1. The Labute approximate surface area is 76.7 Å². The Balaban J connectivity index is 2.35. The zero-order valence-corrected chi connectivity index (χ0v) is 7.62. The molecule has 1 aliphatic heterocycles. The van der Waals surface area contributed by atoms with Crippen LogP contribution in [-0.4, -0.2) is 48.1 Å². The van der Waals surface area contributed by atoms with Crippen LogP contribution in [0, 0.1) is 5.92 Å². The van der Waals surface area contributed by atoms with E-state index in [1.54, 1.807) is 6.92 Å². The maximum atomic E-state index is 10.9. The third-order valence-corrected chi connectivity index (χ3v) is 2.07. The Hall–Kier alpha value is -1.10.